The zero-order valence-electron chi connectivity index (χ0n) is 17.6. The number of H-pyrrole nitrogens is 1. The van der Waals surface area contributed by atoms with E-state index >= 15 is 0 Å². The molecule has 3 aromatic carbocycles. The van der Waals surface area contributed by atoms with Crippen LogP contribution in [0.2, 0.25) is 0 Å². The van der Waals surface area contributed by atoms with E-state index in [4.69, 9.17) is 4.74 Å². The number of benzene rings is 3. The molecule has 0 aliphatic rings. The number of nitrogens with zero attached hydrogens (tertiary/aromatic N) is 1. The molecule has 1 heterocycles. The second kappa shape index (κ2) is 10.2. The first-order chi connectivity index (χ1) is 15.6. The summed E-state index contributed by atoms with van der Waals surface area (Å²) in [5.74, 6) is 0.916. The average Bonchev–Trinajstić information content (AvgIpc) is 3.23. The molecule has 3 N–H and O–H groups in total. The van der Waals surface area contributed by atoms with Crippen molar-refractivity contribution in [2.45, 2.75) is 6.42 Å². The van der Waals surface area contributed by atoms with Crippen LogP contribution in [0, 0.1) is 0 Å². The van der Waals surface area contributed by atoms with Crippen molar-refractivity contribution in [1.29, 1.82) is 0 Å². The van der Waals surface area contributed by atoms with E-state index in [0.29, 0.717) is 18.1 Å². The lowest BCUT2D eigenvalue weighted by molar-refractivity contribution is 0.0977. The van der Waals surface area contributed by atoms with Gasteiger partial charge in [-0.1, -0.05) is 34.1 Å². The van der Waals surface area contributed by atoms with E-state index < -0.39 is 0 Å². The summed E-state index contributed by atoms with van der Waals surface area (Å²) in [4.78, 5) is 20.7. The highest BCUT2D eigenvalue weighted by atomic mass is 79.9. The topological polar surface area (TPSA) is 78.5 Å². The SMILES string of the molecule is COc1ccc(NC(=NCCc2c[nH]c3ccccc23)NC(=O)c2ccc(Br)cc2)cc1. The summed E-state index contributed by atoms with van der Waals surface area (Å²) in [6.07, 6.45) is 2.75. The molecule has 6 nitrogen and oxygen atoms in total. The number of nitrogens with one attached hydrogen (secondary N) is 3. The Bertz CT molecular complexity index is 1230. The number of rotatable bonds is 6. The molecule has 0 fully saturated rings. The van der Waals surface area contributed by atoms with Crippen LogP contribution < -0.4 is 15.4 Å². The second-order valence-corrected chi connectivity index (χ2v) is 8.07. The van der Waals surface area contributed by atoms with Crippen molar-refractivity contribution in [2.75, 3.05) is 19.0 Å². The van der Waals surface area contributed by atoms with Crippen molar-refractivity contribution in [2.24, 2.45) is 4.99 Å². The van der Waals surface area contributed by atoms with Gasteiger partial charge in [0.15, 0.2) is 0 Å². The van der Waals surface area contributed by atoms with E-state index in [9.17, 15) is 4.79 Å². The molecule has 0 atom stereocenters. The predicted octanol–water partition coefficient (Wildman–Crippen LogP) is 5.38. The smallest absolute Gasteiger partial charge is 0.257 e. The Morgan fingerprint density at radius 3 is 2.53 bits per heavy atom. The summed E-state index contributed by atoms with van der Waals surface area (Å²) in [6.45, 7) is 0.515. The second-order valence-electron chi connectivity index (χ2n) is 7.15. The number of para-hydroxylation sites is 1. The number of methoxy groups -OCH3 is 1. The molecule has 0 saturated heterocycles. The normalized spacial score (nSPS) is 11.4. The summed E-state index contributed by atoms with van der Waals surface area (Å²) in [6, 6.07) is 22.8. The van der Waals surface area contributed by atoms with Gasteiger partial charge in [0.05, 0.1) is 7.11 Å². The molecular weight excluding hydrogens is 468 g/mol. The van der Waals surface area contributed by atoms with Crippen LogP contribution in [0.15, 0.2) is 88.5 Å². The molecule has 0 radical (unpaired) electrons. The first-order valence-electron chi connectivity index (χ1n) is 10.2. The zero-order chi connectivity index (χ0) is 22.3. The van der Waals surface area contributed by atoms with Crippen LogP contribution in [0.4, 0.5) is 5.69 Å². The number of carbonyl (C=O) groups is 1. The van der Waals surface area contributed by atoms with Crippen LogP contribution >= 0.6 is 15.9 Å². The minimum absolute atomic E-state index is 0.232. The number of hydrogen-bond acceptors (Lipinski definition) is 3. The Balaban J connectivity index is 1.51. The van der Waals surface area contributed by atoms with E-state index in [1.54, 1.807) is 19.2 Å². The number of aromatic nitrogens is 1. The first kappa shape index (κ1) is 21.6. The quantitative estimate of drug-likeness (QED) is 0.250. The van der Waals surface area contributed by atoms with Gasteiger partial charge in [0.1, 0.15) is 5.75 Å². The number of fused-ring (bicyclic) bond motifs is 1. The van der Waals surface area contributed by atoms with Crippen molar-refractivity contribution in [1.82, 2.24) is 10.3 Å². The molecule has 4 rings (SSSR count). The van der Waals surface area contributed by atoms with Gasteiger partial charge in [-0.25, -0.2) is 0 Å². The van der Waals surface area contributed by atoms with Gasteiger partial charge in [0.2, 0.25) is 5.96 Å². The molecule has 0 bridgehead atoms. The van der Waals surface area contributed by atoms with Gasteiger partial charge in [-0.05, 0) is 66.6 Å². The van der Waals surface area contributed by atoms with E-state index in [0.717, 1.165) is 27.8 Å². The molecule has 0 spiro atoms. The van der Waals surface area contributed by atoms with Crippen LogP contribution in [-0.2, 0) is 6.42 Å². The number of anilines is 1. The van der Waals surface area contributed by atoms with Crippen molar-refractivity contribution >= 4 is 44.4 Å². The van der Waals surface area contributed by atoms with Gasteiger partial charge >= 0.3 is 0 Å². The van der Waals surface area contributed by atoms with Crippen molar-refractivity contribution in [3.63, 3.8) is 0 Å². The lowest BCUT2D eigenvalue weighted by Crippen LogP contribution is -2.36. The van der Waals surface area contributed by atoms with Crippen molar-refractivity contribution in [3.05, 3.63) is 94.6 Å². The number of amides is 1. The maximum Gasteiger partial charge on any atom is 0.257 e. The van der Waals surface area contributed by atoms with E-state index in [1.807, 2.05) is 54.7 Å². The van der Waals surface area contributed by atoms with Crippen LogP contribution in [0.25, 0.3) is 10.9 Å². The predicted molar refractivity (Wildman–Crippen MR) is 133 cm³/mol. The third-order valence-electron chi connectivity index (χ3n) is 5.02. The van der Waals surface area contributed by atoms with Gasteiger partial charge < -0.3 is 15.0 Å². The van der Waals surface area contributed by atoms with Gasteiger partial charge in [-0.15, -0.1) is 0 Å². The maximum atomic E-state index is 12.8. The molecule has 1 amide bonds. The number of aromatic amines is 1. The molecular formula is C25H23BrN4O2. The maximum absolute atomic E-state index is 12.8. The number of carbonyl (C=O) groups excluding carboxylic acids is 1. The fraction of sp³-hybridized carbons (Fsp3) is 0.120. The highest BCUT2D eigenvalue weighted by Gasteiger charge is 2.10. The summed E-state index contributed by atoms with van der Waals surface area (Å²) in [5, 5.41) is 7.28. The molecule has 0 unspecified atom stereocenters. The third kappa shape index (κ3) is 5.36. The third-order valence-corrected chi connectivity index (χ3v) is 5.55. The van der Waals surface area contributed by atoms with Crippen LogP contribution in [0.5, 0.6) is 5.75 Å². The van der Waals surface area contributed by atoms with Gasteiger partial charge in [-0.3, -0.25) is 15.1 Å². The highest BCUT2D eigenvalue weighted by Crippen LogP contribution is 2.18. The van der Waals surface area contributed by atoms with E-state index in [1.165, 1.54) is 10.9 Å². The molecule has 4 aromatic rings. The van der Waals surface area contributed by atoms with Crippen LogP contribution in [0.1, 0.15) is 15.9 Å². The number of aliphatic imine (C=N–C) groups is 1. The Morgan fingerprint density at radius 1 is 1.03 bits per heavy atom. The molecule has 162 valence electrons. The van der Waals surface area contributed by atoms with E-state index in [2.05, 4.69) is 48.7 Å². The summed E-state index contributed by atoms with van der Waals surface area (Å²) >= 11 is 3.39. The summed E-state index contributed by atoms with van der Waals surface area (Å²) < 4.78 is 6.13. The lowest BCUT2D eigenvalue weighted by atomic mass is 10.1. The van der Waals surface area contributed by atoms with E-state index in [-0.39, 0.29) is 5.91 Å². The highest BCUT2D eigenvalue weighted by molar-refractivity contribution is 9.10. The minimum Gasteiger partial charge on any atom is -0.497 e. The fourth-order valence-corrected chi connectivity index (χ4v) is 3.59. The number of ether oxygens (including phenoxy) is 1. The van der Waals surface area contributed by atoms with Crippen LogP contribution in [-0.4, -0.2) is 30.5 Å². The standard InChI is InChI=1S/C25H23BrN4O2/c1-32-21-12-10-20(11-13-21)29-25(30-24(31)17-6-8-19(26)9-7-17)27-15-14-18-16-28-23-5-3-2-4-22(18)23/h2-13,16,28H,14-15H2,1H3,(H2,27,29,30,31). The molecule has 0 aliphatic heterocycles. The first-order valence-corrected chi connectivity index (χ1v) is 11.0. The molecule has 0 saturated carbocycles. The molecule has 1 aromatic heterocycles. The molecule has 7 heteroatoms. The zero-order valence-corrected chi connectivity index (χ0v) is 19.1. The summed E-state index contributed by atoms with van der Waals surface area (Å²) in [7, 11) is 1.62. The Labute approximate surface area is 194 Å². The monoisotopic (exact) mass is 490 g/mol. The summed E-state index contributed by atoms with van der Waals surface area (Å²) in [5.41, 5.74) is 3.64. The van der Waals surface area contributed by atoms with Gasteiger partial charge in [0, 0.05) is 39.4 Å². The molecule has 32 heavy (non-hydrogen) atoms. The number of halogens is 1. The Kier molecular flexibility index (Phi) is 6.87. The largest absolute Gasteiger partial charge is 0.497 e. The lowest BCUT2D eigenvalue weighted by Gasteiger charge is -2.12. The Morgan fingerprint density at radius 2 is 1.78 bits per heavy atom. The Hall–Kier alpha value is -3.58. The minimum atomic E-state index is -0.232. The average molecular weight is 491 g/mol. The van der Waals surface area contributed by atoms with Gasteiger partial charge in [0.25, 0.3) is 5.91 Å². The van der Waals surface area contributed by atoms with Crippen LogP contribution in [0.3, 0.4) is 0 Å². The van der Waals surface area contributed by atoms with Gasteiger partial charge in [-0.2, -0.15) is 0 Å². The van der Waals surface area contributed by atoms with Crippen molar-refractivity contribution in [3.8, 4) is 5.75 Å². The molecule has 0 aliphatic carbocycles. The number of hydrogen-bond donors (Lipinski definition) is 3. The fourth-order valence-electron chi connectivity index (χ4n) is 3.33. The van der Waals surface area contributed by atoms with Crippen molar-refractivity contribution < 1.29 is 9.53 Å². The number of guanidine groups is 1.